The number of nitrogens with zero attached hydrogens (tertiary/aromatic N) is 2. The van der Waals surface area contributed by atoms with Gasteiger partial charge in [0.15, 0.2) is 5.96 Å². The van der Waals surface area contributed by atoms with Gasteiger partial charge in [-0.2, -0.15) is 0 Å². The molecule has 2 fully saturated rings. The number of ether oxygens (including phenoxy) is 1. The third-order valence-corrected chi connectivity index (χ3v) is 5.13. The quantitative estimate of drug-likeness (QED) is 0.432. The van der Waals surface area contributed by atoms with E-state index >= 15 is 0 Å². The summed E-state index contributed by atoms with van der Waals surface area (Å²) in [4.78, 5) is 7.18. The van der Waals surface area contributed by atoms with Gasteiger partial charge in [0.25, 0.3) is 0 Å². The number of fused-ring (bicyclic) bond motifs is 2. The van der Waals surface area contributed by atoms with Crippen LogP contribution in [0, 0.1) is 0 Å². The summed E-state index contributed by atoms with van der Waals surface area (Å²) in [5, 5.41) is 6.95. The van der Waals surface area contributed by atoms with Gasteiger partial charge in [-0.1, -0.05) is 18.2 Å². The average Bonchev–Trinajstić information content (AvgIpc) is 3.25. The molecule has 0 aromatic heterocycles. The molecule has 0 radical (unpaired) electrons. The van der Waals surface area contributed by atoms with Crippen LogP contribution in [-0.4, -0.2) is 50.4 Å². The van der Waals surface area contributed by atoms with Gasteiger partial charge < -0.3 is 20.3 Å². The highest BCUT2D eigenvalue weighted by Gasteiger charge is 2.41. The van der Waals surface area contributed by atoms with Crippen molar-refractivity contribution in [3.05, 3.63) is 30.3 Å². The van der Waals surface area contributed by atoms with Crippen LogP contribution in [0.25, 0.3) is 0 Å². The molecule has 0 spiro atoms. The van der Waals surface area contributed by atoms with Crippen molar-refractivity contribution in [1.82, 2.24) is 10.6 Å². The summed E-state index contributed by atoms with van der Waals surface area (Å²) in [5.41, 5.74) is 1.29. The Bertz CT molecular complexity index is 548. The van der Waals surface area contributed by atoms with Gasteiger partial charge in [0.05, 0.1) is 18.2 Å². The van der Waals surface area contributed by atoms with Crippen LogP contribution in [0.3, 0.4) is 0 Å². The van der Waals surface area contributed by atoms with E-state index in [-0.39, 0.29) is 0 Å². The van der Waals surface area contributed by atoms with Gasteiger partial charge in [0.1, 0.15) is 0 Å². The van der Waals surface area contributed by atoms with E-state index in [0.717, 1.165) is 45.0 Å². The van der Waals surface area contributed by atoms with E-state index in [4.69, 9.17) is 9.73 Å². The van der Waals surface area contributed by atoms with E-state index in [0.29, 0.717) is 18.2 Å². The van der Waals surface area contributed by atoms with E-state index in [1.54, 1.807) is 0 Å². The zero-order chi connectivity index (χ0) is 17.5. The number of aliphatic imine (C=N–C) groups is 1. The summed E-state index contributed by atoms with van der Waals surface area (Å²) in [6, 6.07) is 11.0. The summed E-state index contributed by atoms with van der Waals surface area (Å²) in [5.74, 6) is 0.936. The first kappa shape index (κ1) is 18.1. The molecule has 0 saturated carbocycles. The first-order valence-corrected chi connectivity index (χ1v) is 9.80. The second-order valence-corrected chi connectivity index (χ2v) is 6.89. The highest BCUT2D eigenvalue weighted by atomic mass is 16.5. The molecule has 3 rings (SSSR count). The Morgan fingerprint density at radius 1 is 1.24 bits per heavy atom. The molecule has 5 heteroatoms. The zero-order valence-electron chi connectivity index (χ0n) is 15.6. The molecule has 138 valence electrons. The van der Waals surface area contributed by atoms with Gasteiger partial charge in [-0.3, -0.25) is 4.99 Å². The summed E-state index contributed by atoms with van der Waals surface area (Å²) < 4.78 is 5.93. The third-order valence-electron chi connectivity index (χ3n) is 5.13. The maximum atomic E-state index is 5.93. The molecule has 2 aliphatic rings. The number of guanidine groups is 1. The van der Waals surface area contributed by atoms with Crippen molar-refractivity contribution >= 4 is 11.6 Å². The normalized spacial score (nSPS) is 25.2. The van der Waals surface area contributed by atoms with Gasteiger partial charge >= 0.3 is 0 Å². The predicted octanol–water partition coefficient (Wildman–Crippen LogP) is 2.78. The van der Waals surface area contributed by atoms with Crippen molar-refractivity contribution in [3.63, 3.8) is 0 Å². The average molecular weight is 345 g/mol. The molecule has 2 heterocycles. The number of benzene rings is 1. The minimum absolute atomic E-state index is 0.377. The molecule has 1 aromatic rings. The van der Waals surface area contributed by atoms with E-state index < -0.39 is 0 Å². The van der Waals surface area contributed by atoms with Crippen molar-refractivity contribution in [2.45, 2.75) is 57.8 Å². The lowest BCUT2D eigenvalue weighted by Crippen LogP contribution is -2.47. The highest BCUT2D eigenvalue weighted by molar-refractivity contribution is 5.80. The van der Waals surface area contributed by atoms with Crippen LogP contribution < -0.4 is 15.5 Å². The number of hydrogen-bond donors (Lipinski definition) is 2. The predicted molar refractivity (Wildman–Crippen MR) is 104 cm³/mol. The van der Waals surface area contributed by atoms with Crippen molar-refractivity contribution < 1.29 is 4.74 Å². The van der Waals surface area contributed by atoms with Crippen LogP contribution in [0.1, 0.15) is 39.5 Å². The SMILES string of the molecule is CCNC(=NCCCN(CC)c1ccccc1)NC1CC2CCC1O2. The Balaban J connectivity index is 1.46. The maximum absolute atomic E-state index is 5.93. The van der Waals surface area contributed by atoms with Gasteiger partial charge in [0, 0.05) is 31.9 Å². The second-order valence-electron chi connectivity index (χ2n) is 6.89. The molecule has 2 N–H and O–H groups in total. The Morgan fingerprint density at radius 3 is 2.72 bits per heavy atom. The first-order chi connectivity index (χ1) is 12.3. The van der Waals surface area contributed by atoms with Crippen LogP contribution in [0.15, 0.2) is 35.3 Å². The number of rotatable bonds is 8. The zero-order valence-corrected chi connectivity index (χ0v) is 15.6. The van der Waals surface area contributed by atoms with E-state index in [1.807, 2.05) is 0 Å². The Labute approximate surface area is 151 Å². The molecule has 2 bridgehead atoms. The van der Waals surface area contributed by atoms with E-state index in [2.05, 4.69) is 59.7 Å². The largest absolute Gasteiger partial charge is 0.373 e. The molecule has 0 amide bonds. The number of anilines is 1. The summed E-state index contributed by atoms with van der Waals surface area (Å²) >= 11 is 0. The van der Waals surface area contributed by atoms with Crippen molar-refractivity contribution in [1.29, 1.82) is 0 Å². The number of para-hydroxylation sites is 1. The van der Waals surface area contributed by atoms with Crippen LogP contribution in [-0.2, 0) is 4.74 Å². The van der Waals surface area contributed by atoms with Crippen LogP contribution in [0.4, 0.5) is 5.69 Å². The highest BCUT2D eigenvalue weighted by Crippen LogP contribution is 2.34. The molecule has 0 aliphatic carbocycles. The monoisotopic (exact) mass is 344 g/mol. The third kappa shape index (κ3) is 4.88. The van der Waals surface area contributed by atoms with E-state index in [9.17, 15) is 0 Å². The molecular weight excluding hydrogens is 312 g/mol. The lowest BCUT2D eigenvalue weighted by Gasteiger charge is -2.24. The summed E-state index contributed by atoms with van der Waals surface area (Å²) in [7, 11) is 0. The fourth-order valence-corrected chi connectivity index (χ4v) is 3.85. The Kier molecular flexibility index (Phi) is 6.56. The topological polar surface area (TPSA) is 48.9 Å². The summed E-state index contributed by atoms with van der Waals surface area (Å²) in [6.07, 6.45) is 5.42. The standard InChI is InChI=1S/C20H32N4O/c1-3-21-20(23-18-15-17-11-12-19(18)25-17)22-13-8-14-24(4-2)16-9-6-5-7-10-16/h5-7,9-10,17-19H,3-4,8,11-15H2,1-2H3,(H2,21,22,23). The van der Waals surface area contributed by atoms with Gasteiger partial charge in [-0.25, -0.2) is 0 Å². The lowest BCUT2D eigenvalue weighted by atomic mass is 9.96. The van der Waals surface area contributed by atoms with Crippen LogP contribution in [0.2, 0.25) is 0 Å². The molecule has 2 aliphatic heterocycles. The summed E-state index contributed by atoms with van der Waals surface area (Å²) in [6.45, 7) is 8.09. The fourth-order valence-electron chi connectivity index (χ4n) is 3.85. The van der Waals surface area contributed by atoms with Crippen LogP contribution >= 0.6 is 0 Å². The van der Waals surface area contributed by atoms with E-state index in [1.165, 1.54) is 18.5 Å². The Hall–Kier alpha value is -1.75. The fraction of sp³-hybridized carbons (Fsp3) is 0.650. The molecular formula is C20H32N4O. The molecule has 1 aromatic carbocycles. The van der Waals surface area contributed by atoms with Gasteiger partial charge in [-0.05, 0) is 51.7 Å². The molecule has 2 saturated heterocycles. The minimum Gasteiger partial charge on any atom is -0.373 e. The molecule has 3 unspecified atom stereocenters. The Morgan fingerprint density at radius 2 is 2.08 bits per heavy atom. The second kappa shape index (κ2) is 9.09. The first-order valence-electron chi connectivity index (χ1n) is 9.80. The maximum Gasteiger partial charge on any atom is 0.191 e. The molecule has 25 heavy (non-hydrogen) atoms. The van der Waals surface area contributed by atoms with Crippen molar-refractivity contribution in [3.8, 4) is 0 Å². The van der Waals surface area contributed by atoms with Gasteiger partial charge in [-0.15, -0.1) is 0 Å². The van der Waals surface area contributed by atoms with Crippen LogP contribution in [0.5, 0.6) is 0 Å². The molecule has 5 nitrogen and oxygen atoms in total. The van der Waals surface area contributed by atoms with Crippen molar-refractivity contribution in [2.75, 3.05) is 31.1 Å². The minimum atomic E-state index is 0.377. The lowest BCUT2D eigenvalue weighted by molar-refractivity contribution is 0.0992. The molecule has 3 atom stereocenters. The number of nitrogens with one attached hydrogen (secondary N) is 2. The van der Waals surface area contributed by atoms with Gasteiger partial charge in [0.2, 0.25) is 0 Å². The van der Waals surface area contributed by atoms with Crippen molar-refractivity contribution in [2.24, 2.45) is 4.99 Å². The smallest absolute Gasteiger partial charge is 0.191 e. The number of hydrogen-bond acceptors (Lipinski definition) is 3.